The lowest BCUT2D eigenvalue weighted by molar-refractivity contribution is -0.118. The lowest BCUT2D eigenvalue weighted by Crippen LogP contribution is -2.18. The molecule has 1 aliphatic rings. The zero-order chi connectivity index (χ0) is 9.26. The summed E-state index contributed by atoms with van der Waals surface area (Å²) in [6, 6.07) is 8.02. The van der Waals surface area contributed by atoms with Crippen LogP contribution in [-0.4, -0.2) is 11.7 Å². The summed E-state index contributed by atoms with van der Waals surface area (Å²) in [7, 11) is 0. The normalized spacial score (nSPS) is 21.6. The van der Waals surface area contributed by atoms with Gasteiger partial charge in [-0.25, -0.2) is 0 Å². The topological polar surface area (TPSA) is 29.1 Å². The van der Waals surface area contributed by atoms with Gasteiger partial charge in [0.1, 0.15) is 5.37 Å². The van der Waals surface area contributed by atoms with Crippen LogP contribution in [0.1, 0.15) is 10.9 Å². The molecule has 0 bridgehead atoms. The van der Waals surface area contributed by atoms with Crippen LogP contribution in [0.25, 0.3) is 0 Å². The molecule has 1 amide bonds. The first kappa shape index (κ1) is 9.09. The third kappa shape index (κ3) is 2.06. The molecule has 0 spiro atoms. The molecule has 1 heterocycles. The highest BCUT2D eigenvalue weighted by Gasteiger charge is 2.22. The van der Waals surface area contributed by atoms with E-state index in [2.05, 4.69) is 21.2 Å². The minimum atomic E-state index is 0.123. The Labute approximate surface area is 89.2 Å². The number of nitrogens with one attached hydrogen (secondary N) is 1. The van der Waals surface area contributed by atoms with E-state index in [-0.39, 0.29) is 11.3 Å². The van der Waals surface area contributed by atoms with Crippen LogP contribution in [0.3, 0.4) is 0 Å². The van der Waals surface area contributed by atoms with E-state index in [0.29, 0.717) is 5.75 Å². The van der Waals surface area contributed by atoms with Crippen LogP contribution >= 0.6 is 27.7 Å². The van der Waals surface area contributed by atoms with Gasteiger partial charge in [0, 0.05) is 4.47 Å². The van der Waals surface area contributed by atoms with E-state index in [0.717, 1.165) is 10.0 Å². The maximum absolute atomic E-state index is 11.0. The summed E-state index contributed by atoms with van der Waals surface area (Å²) < 4.78 is 1.06. The largest absolute Gasteiger partial charge is 0.339 e. The van der Waals surface area contributed by atoms with Crippen LogP contribution in [-0.2, 0) is 4.79 Å². The standard InChI is InChI=1S/C9H8BrNOS/c10-7-3-1-6(2-4-7)9-11-8(12)5-13-9/h1-4,9H,5H2,(H,11,12). The van der Waals surface area contributed by atoms with Crippen molar-refractivity contribution in [1.82, 2.24) is 5.32 Å². The van der Waals surface area contributed by atoms with E-state index in [1.54, 1.807) is 11.8 Å². The van der Waals surface area contributed by atoms with Crippen molar-refractivity contribution in [2.45, 2.75) is 5.37 Å². The maximum Gasteiger partial charge on any atom is 0.231 e. The molecule has 0 radical (unpaired) electrons. The second-order valence-corrected chi connectivity index (χ2v) is 4.82. The van der Waals surface area contributed by atoms with Gasteiger partial charge in [-0.1, -0.05) is 28.1 Å². The molecule has 0 saturated carbocycles. The highest BCUT2D eigenvalue weighted by Crippen LogP contribution is 2.30. The van der Waals surface area contributed by atoms with Crippen molar-refractivity contribution in [3.8, 4) is 0 Å². The predicted molar refractivity (Wildman–Crippen MR) is 57.5 cm³/mol. The number of hydrogen-bond acceptors (Lipinski definition) is 2. The number of carbonyl (C=O) groups is 1. The molecule has 1 saturated heterocycles. The minimum absolute atomic E-state index is 0.123. The first-order valence-corrected chi connectivity index (χ1v) is 5.76. The molecule has 2 nitrogen and oxygen atoms in total. The van der Waals surface area contributed by atoms with Crippen molar-refractivity contribution < 1.29 is 4.79 Å². The van der Waals surface area contributed by atoms with Gasteiger partial charge in [0.25, 0.3) is 0 Å². The average Bonchev–Trinajstić information content (AvgIpc) is 2.53. The summed E-state index contributed by atoms with van der Waals surface area (Å²) >= 11 is 5.01. The molecule has 13 heavy (non-hydrogen) atoms. The third-order valence-electron chi connectivity index (χ3n) is 1.85. The Bertz CT molecular complexity index is 325. The number of rotatable bonds is 1. The van der Waals surface area contributed by atoms with E-state index in [1.807, 2.05) is 24.3 Å². The van der Waals surface area contributed by atoms with Gasteiger partial charge in [0.2, 0.25) is 5.91 Å². The summed E-state index contributed by atoms with van der Waals surface area (Å²) in [5.74, 6) is 0.693. The van der Waals surface area contributed by atoms with Crippen LogP contribution in [0, 0.1) is 0 Å². The Morgan fingerprint density at radius 1 is 1.38 bits per heavy atom. The molecule has 1 aromatic carbocycles. The summed E-state index contributed by atoms with van der Waals surface area (Å²) in [5.41, 5.74) is 1.15. The molecular weight excluding hydrogens is 250 g/mol. The van der Waals surface area contributed by atoms with E-state index >= 15 is 0 Å². The molecule has 0 aliphatic carbocycles. The molecular formula is C9H8BrNOS. The number of carbonyl (C=O) groups excluding carboxylic acids is 1. The fourth-order valence-corrected chi connectivity index (χ4v) is 2.44. The average molecular weight is 258 g/mol. The monoisotopic (exact) mass is 257 g/mol. The van der Waals surface area contributed by atoms with Crippen LogP contribution in [0.15, 0.2) is 28.7 Å². The first-order chi connectivity index (χ1) is 6.25. The SMILES string of the molecule is O=C1CSC(c2ccc(Br)cc2)N1. The number of amides is 1. The van der Waals surface area contributed by atoms with E-state index in [1.165, 1.54) is 0 Å². The Hall–Kier alpha value is -0.480. The zero-order valence-corrected chi connectivity index (χ0v) is 9.19. The molecule has 4 heteroatoms. The fourth-order valence-electron chi connectivity index (χ4n) is 1.21. The van der Waals surface area contributed by atoms with Crippen molar-refractivity contribution in [3.63, 3.8) is 0 Å². The lowest BCUT2D eigenvalue weighted by Gasteiger charge is -2.08. The second kappa shape index (κ2) is 3.72. The Morgan fingerprint density at radius 3 is 2.62 bits per heavy atom. The smallest absolute Gasteiger partial charge is 0.231 e. The maximum atomic E-state index is 11.0. The molecule has 1 unspecified atom stereocenters. The van der Waals surface area contributed by atoms with Crippen LogP contribution in [0.4, 0.5) is 0 Å². The summed E-state index contributed by atoms with van der Waals surface area (Å²) in [4.78, 5) is 11.0. The van der Waals surface area contributed by atoms with Crippen molar-refractivity contribution in [2.24, 2.45) is 0 Å². The van der Waals surface area contributed by atoms with Crippen molar-refractivity contribution in [3.05, 3.63) is 34.3 Å². The molecule has 1 aliphatic heterocycles. The Kier molecular flexibility index (Phi) is 2.60. The first-order valence-electron chi connectivity index (χ1n) is 3.92. The summed E-state index contributed by atoms with van der Waals surface area (Å²) in [6.07, 6.45) is 0. The minimum Gasteiger partial charge on any atom is -0.339 e. The molecule has 1 N–H and O–H groups in total. The Morgan fingerprint density at radius 2 is 2.08 bits per heavy atom. The second-order valence-electron chi connectivity index (χ2n) is 2.81. The molecule has 1 fully saturated rings. The van der Waals surface area contributed by atoms with Gasteiger partial charge in [-0.3, -0.25) is 4.79 Å². The Balaban J connectivity index is 2.17. The van der Waals surface area contributed by atoms with E-state index in [9.17, 15) is 4.79 Å². The predicted octanol–water partition coefficient (Wildman–Crippen LogP) is 2.31. The number of halogens is 1. The van der Waals surface area contributed by atoms with Gasteiger partial charge < -0.3 is 5.32 Å². The summed E-state index contributed by atoms with van der Waals surface area (Å²) in [6.45, 7) is 0. The molecule has 0 aromatic heterocycles. The van der Waals surface area contributed by atoms with Gasteiger partial charge in [0.15, 0.2) is 0 Å². The zero-order valence-electron chi connectivity index (χ0n) is 6.79. The van der Waals surface area contributed by atoms with Crippen LogP contribution < -0.4 is 5.32 Å². The van der Waals surface area contributed by atoms with E-state index < -0.39 is 0 Å². The fraction of sp³-hybridized carbons (Fsp3) is 0.222. The van der Waals surface area contributed by atoms with Crippen molar-refractivity contribution >= 4 is 33.6 Å². The van der Waals surface area contributed by atoms with Gasteiger partial charge in [0.05, 0.1) is 5.75 Å². The molecule has 2 rings (SSSR count). The van der Waals surface area contributed by atoms with Crippen LogP contribution in [0.2, 0.25) is 0 Å². The summed E-state index contributed by atoms with van der Waals surface area (Å²) in [5, 5.41) is 3.04. The van der Waals surface area contributed by atoms with Gasteiger partial charge >= 0.3 is 0 Å². The van der Waals surface area contributed by atoms with Crippen LogP contribution in [0.5, 0.6) is 0 Å². The molecule has 68 valence electrons. The number of benzene rings is 1. The van der Waals surface area contributed by atoms with Gasteiger partial charge in [-0.15, -0.1) is 11.8 Å². The number of hydrogen-bond donors (Lipinski definition) is 1. The molecule has 1 aromatic rings. The lowest BCUT2D eigenvalue weighted by atomic mass is 10.2. The van der Waals surface area contributed by atoms with Crippen molar-refractivity contribution in [2.75, 3.05) is 5.75 Å². The van der Waals surface area contributed by atoms with Gasteiger partial charge in [-0.05, 0) is 17.7 Å². The van der Waals surface area contributed by atoms with Gasteiger partial charge in [-0.2, -0.15) is 0 Å². The van der Waals surface area contributed by atoms with E-state index in [4.69, 9.17) is 0 Å². The molecule has 1 atom stereocenters. The third-order valence-corrected chi connectivity index (χ3v) is 3.53. The highest BCUT2D eigenvalue weighted by molar-refractivity contribution is 9.10. The van der Waals surface area contributed by atoms with Crippen molar-refractivity contribution in [1.29, 1.82) is 0 Å². The number of thioether (sulfide) groups is 1. The quantitative estimate of drug-likeness (QED) is 0.837. The highest BCUT2D eigenvalue weighted by atomic mass is 79.9.